The zero-order chi connectivity index (χ0) is 13.0. The van der Waals surface area contributed by atoms with Crippen LogP contribution in [-0.2, 0) is 6.54 Å². The minimum atomic E-state index is -0.176. The molecule has 4 heteroatoms. The molecular formula is C14H18BrClFN. The van der Waals surface area contributed by atoms with Gasteiger partial charge in [-0.2, -0.15) is 0 Å². The summed E-state index contributed by atoms with van der Waals surface area (Å²) in [6, 6.07) is 5.78. The summed E-state index contributed by atoms with van der Waals surface area (Å²) in [5.41, 5.74) is 1.03. The Labute approximate surface area is 121 Å². The molecule has 0 aliphatic heterocycles. The Hall–Kier alpha value is -0.120. The summed E-state index contributed by atoms with van der Waals surface area (Å²) in [5, 5.41) is 0. The molecule has 1 saturated carbocycles. The number of rotatable bonds is 6. The van der Waals surface area contributed by atoms with Gasteiger partial charge in [0.25, 0.3) is 0 Å². The minimum Gasteiger partial charge on any atom is -0.296 e. The molecule has 0 heterocycles. The Bertz CT molecular complexity index is 375. The van der Waals surface area contributed by atoms with Gasteiger partial charge in [0.15, 0.2) is 0 Å². The molecule has 100 valence electrons. The van der Waals surface area contributed by atoms with E-state index in [0.29, 0.717) is 11.9 Å². The molecule has 1 aliphatic rings. The van der Waals surface area contributed by atoms with Crippen LogP contribution in [-0.4, -0.2) is 23.4 Å². The van der Waals surface area contributed by atoms with E-state index in [1.165, 1.54) is 25.3 Å². The predicted octanol–water partition coefficient (Wildman–Crippen LogP) is 4.57. The van der Waals surface area contributed by atoms with Gasteiger partial charge in [-0.3, -0.25) is 4.90 Å². The van der Waals surface area contributed by atoms with E-state index >= 15 is 0 Å². The molecule has 1 aromatic rings. The van der Waals surface area contributed by atoms with E-state index in [-0.39, 0.29) is 5.82 Å². The number of benzene rings is 1. The van der Waals surface area contributed by atoms with Gasteiger partial charge in [-0.05, 0) is 49.6 Å². The standard InChI is InChI=1S/C14H18BrClFN/c15-12-7-11(8-13(17)9-12)10-18(6-2-5-16)14-3-1-4-14/h7-9,14H,1-6,10H2. The average Bonchev–Trinajstić information content (AvgIpc) is 2.21. The molecule has 0 spiro atoms. The first-order valence-electron chi connectivity index (χ1n) is 6.44. The Morgan fingerprint density at radius 2 is 2.11 bits per heavy atom. The summed E-state index contributed by atoms with van der Waals surface area (Å²) in [5.74, 6) is 0.515. The summed E-state index contributed by atoms with van der Waals surface area (Å²) in [6.07, 6.45) is 4.83. The van der Waals surface area contributed by atoms with Crippen molar-refractivity contribution < 1.29 is 4.39 Å². The maximum absolute atomic E-state index is 13.4. The Morgan fingerprint density at radius 1 is 1.33 bits per heavy atom. The first-order chi connectivity index (χ1) is 8.69. The number of hydrogen-bond acceptors (Lipinski definition) is 1. The summed E-state index contributed by atoms with van der Waals surface area (Å²) in [6.45, 7) is 1.82. The lowest BCUT2D eigenvalue weighted by atomic mass is 9.91. The van der Waals surface area contributed by atoms with Crippen molar-refractivity contribution in [2.24, 2.45) is 0 Å². The highest BCUT2D eigenvalue weighted by Crippen LogP contribution is 2.27. The van der Waals surface area contributed by atoms with E-state index in [1.807, 2.05) is 6.07 Å². The van der Waals surface area contributed by atoms with Gasteiger partial charge in [0.1, 0.15) is 5.82 Å². The molecule has 2 rings (SSSR count). The van der Waals surface area contributed by atoms with Gasteiger partial charge >= 0.3 is 0 Å². The third-order valence-corrected chi connectivity index (χ3v) is 4.20. The fourth-order valence-corrected chi connectivity index (χ4v) is 2.97. The molecule has 1 aromatic carbocycles. The Morgan fingerprint density at radius 3 is 2.67 bits per heavy atom. The van der Waals surface area contributed by atoms with Gasteiger partial charge in [-0.25, -0.2) is 4.39 Å². The van der Waals surface area contributed by atoms with Crippen LogP contribution >= 0.6 is 27.5 Å². The van der Waals surface area contributed by atoms with Crippen molar-refractivity contribution >= 4 is 27.5 Å². The fourth-order valence-electron chi connectivity index (χ4n) is 2.34. The lowest BCUT2D eigenvalue weighted by molar-refractivity contribution is 0.120. The molecule has 18 heavy (non-hydrogen) atoms. The van der Waals surface area contributed by atoms with E-state index in [0.717, 1.165) is 29.5 Å². The van der Waals surface area contributed by atoms with Crippen molar-refractivity contribution in [2.75, 3.05) is 12.4 Å². The number of alkyl halides is 1. The second-order valence-electron chi connectivity index (χ2n) is 4.88. The van der Waals surface area contributed by atoms with Gasteiger partial charge in [-0.1, -0.05) is 22.4 Å². The van der Waals surface area contributed by atoms with Crippen molar-refractivity contribution in [3.05, 3.63) is 34.1 Å². The van der Waals surface area contributed by atoms with E-state index in [2.05, 4.69) is 20.8 Å². The molecule has 1 fully saturated rings. The van der Waals surface area contributed by atoms with Crippen molar-refractivity contribution in [3.63, 3.8) is 0 Å². The van der Waals surface area contributed by atoms with Crippen LogP contribution < -0.4 is 0 Å². The highest BCUT2D eigenvalue weighted by atomic mass is 79.9. The summed E-state index contributed by atoms with van der Waals surface area (Å²) in [4.78, 5) is 2.44. The molecule has 0 bridgehead atoms. The van der Waals surface area contributed by atoms with Gasteiger partial charge in [0, 0.05) is 22.9 Å². The first-order valence-corrected chi connectivity index (χ1v) is 7.77. The molecule has 0 amide bonds. The van der Waals surface area contributed by atoms with Crippen LogP contribution in [0, 0.1) is 5.82 Å². The topological polar surface area (TPSA) is 3.24 Å². The van der Waals surface area contributed by atoms with Gasteiger partial charge in [0.05, 0.1) is 0 Å². The number of nitrogens with zero attached hydrogens (tertiary/aromatic N) is 1. The van der Waals surface area contributed by atoms with Crippen LogP contribution in [0.5, 0.6) is 0 Å². The van der Waals surface area contributed by atoms with Crippen molar-refractivity contribution in [1.82, 2.24) is 4.90 Å². The summed E-state index contributed by atoms with van der Waals surface area (Å²) in [7, 11) is 0. The zero-order valence-corrected chi connectivity index (χ0v) is 12.7. The van der Waals surface area contributed by atoms with Gasteiger partial charge < -0.3 is 0 Å². The summed E-state index contributed by atoms with van der Waals surface area (Å²) < 4.78 is 14.2. The van der Waals surface area contributed by atoms with E-state index in [4.69, 9.17) is 11.6 Å². The second kappa shape index (κ2) is 6.88. The lowest BCUT2D eigenvalue weighted by Gasteiger charge is -2.37. The van der Waals surface area contributed by atoms with Crippen LogP contribution in [0.15, 0.2) is 22.7 Å². The Kier molecular flexibility index (Phi) is 5.46. The summed E-state index contributed by atoms with van der Waals surface area (Å²) >= 11 is 9.11. The van der Waals surface area contributed by atoms with E-state index < -0.39 is 0 Å². The number of hydrogen-bond donors (Lipinski definition) is 0. The third kappa shape index (κ3) is 3.94. The van der Waals surface area contributed by atoms with Gasteiger partial charge in [0.2, 0.25) is 0 Å². The Balaban J connectivity index is 2.02. The van der Waals surface area contributed by atoms with Crippen molar-refractivity contribution in [2.45, 2.75) is 38.3 Å². The van der Waals surface area contributed by atoms with Crippen LogP contribution in [0.3, 0.4) is 0 Å². The molecule has 0 aromatic heterocycles. The number of halogens is 3. The van der Waals surface area contributed by atoms with Crippen LogP contribution in [0.1, 0.15) is 31.2 Å². The SMILES string of the molecule is Fc1cc(Br)cc(CN(CCCCl)C2CCC2)c1. The highest BCUT2D eigenvalue weighted by Gasteiger charge is 2.24. The van der Waals surface area contributed by atoms with Crippen LogP contribution in [0.2, 0.25) is 0 Å². The van der Waals surface area contributed by atoms with Crippen molar-refractivity contribution in [1.29, 1.82) is 0 Å². The van der Waals surface area contributed by atoms with Crippen LogP contribution in [0.4, 0.5) is 4.39 Å². The maximum Gasteiger partial charge on any atom is 0.124 e. The average molecular weight is 335 g/mol. The van der Waals surface area contributed by atoms with E-state index in [9.17, 15) is 4.39 Å². The molecule has 0 radical (unpaired) electrons. The van der Waals surface area contributed by atoms with E-state index in [1.54, 1.807) is 6.07 Å². The minimum absolute atomic E-state index is 0.176. The quantitative estimate of drug-likeness (QED) is 0.689. The predicted molar refractivity (Wildman–Crippen MR) is 77.5 cm³/mol. The molecular weight excluding hydrogens is 317 g/mol. The maximum atomic E-state index is 13.4. The molecule has 1 nitrogen and oxygen atoms in total. The molecule has 0 saturated heterocycles. The lowest BCUT2D eigenvalue weighted by Crippen LogP contribution is -2.40. The highest BCUT2D eigenvalue weighted by molar-refractivity contribution is 9.10. The van der Waals surface area contributed by atoms with Gasteiger partial charge in [-0.15, -0.1) is 11.6 Å². The third-order valence-electron chi connectivity index (χ3n) is 3.48. The van der Waals surface area contributed by atoms with Crippen molar-refractivity contribution in [3.8, 4) is 0 Å². The first kappa shape index (κ1) is 14.3. The smallest absolute Gasteiger partial charge is 0.124 e. The normalized spacial score (nSPS) is 16.0. The monoisotopic (exact) mass is 333 g/mol. The fraction of sp³-hybridized carbons (Fsp3) is 0.571. The largest absolute Gasteiger partial charge is 0.296 e. The molecule has 0 N–H and O–H groups in total. The molecule has 0 atom stereocenters. The second-order valence-corrected chi connectivity index (χ2v) is 6.17. The molecule has 0 unspecified atom stereocenters. The zero-order valence-electron chi connectivity index (χ0n) is 10.3. The molecule has 1 aliphatic carbocycles. The van der Waals surface area contributed by atoms with Crippen LogP contribution in [0.25, 0.3) is 0 Å².